The zero-order chi connectivity index (χ0) is 11.3. The Morgan fingerprint density at radius 2 is 1.82 bits per heavy atom. The molecule has 0 aromatic carbocycles. The maximum atomic E-state index is 10.8. The van der Waals surface area contributed by atoms with E-state index < -0.39 is 6.03 Å². The molecule has 3 amide bonds. The molecule has 8 nitrogen and oxygen atoms in total. The summed E-state index contributed by atoms with van der Waals surface area (Å²) in [7, 11) is 0. The molecule has 0 radical (unpaired) electrons. The highest BCUT2D eigenvalue weighted by molar-refractivity contribution is 5.86. The minimum Gasteiger partial charge on any atom is -0.412 e. The molecule has 8 heteroatoms. The molecule has 0 saturated heterocycles. The first-order valence-corrected chi connectivity index (χ1v) is 4.96. The molecule has 1 fully saturated rings. The molecule has 0 aliphatic heterocycles. The molecule has 0 aromatic heterocycles. The van der Waals surface area contributed by atoms with Crippen LogP contribution >= 0.6 is 0 Å². The van der Waals surface area contributed by atoms with Gasteiger partial charge in [-0.05, 0) is 25.7 Å². The van der Waals surface area contributed by atoms with Gasteiger partial charge in [-0.1, -0.05) is 0 Å². The lowest BCUT2D eigenvalue weighted by Gasteiger charge is -2.23. The van der Waals surface area contributed by atoms with E-state index in [-0.39, 0.29) is 22.9 Å². The van der Waals surface area contributed by atoms with Gasteiger partial charge in [0.05, 0.1) is 0 Å². The number of carbonyl (C=O) groups is 2. The summed E-state index contributed by atoms with van der Waals surface area (Å²) in [5, 5.41) is 6.74. The Kier molecular flexibility index (Phi) is 8.84. The van der Waals surface area contributed by atoms with E-state index in [9.17, 15) is 9.59 Å². The normalized spacial score (nSPS) is 18.2. The van der Waals surface area contributed by atoms with Crippen LogP contribution in [0, 0.1) is 0 Å². The van der Waals surface area contributed by atoms with Crippen molar-refractivity contribution >= 4 is 17.6 Å². The van der Waals surface area contributed by atoms with E-state index in [0.29, 0.717) is 0 Å². The van der Waals surface area contributed by atoms with Gasteiger partial charge in [0.15, 0.2) is 0 Å². The van der Waals surface area contributed by atoms with Crippen molar-refractivity contribution in [2.45, 2.75) is 38.6 Å². The average molecular weight is 248 g/mol. The molecule has 0 aromatic rings. The number of rotatable bonds is 2. The number of hydrogen-bond acceptors (Lipinski definition) is 3. The van der Waals surface area contributed by atoms with Gasteiger partial charge in [0.1, 0.15) is 0 Å². The second-order valence-corrected chi connectivity index (χ2v) is 3.63. The smallest absolute Gasteiger partial charge is 0.332 e. The van der Waals surface area contributed by atoms with E-state index in [4.69, 9.17) is 5.73 Å². The molecule has 0 bridgehead atoms. The summed E-state index contributed by atoms with van der Waals surface area (Å²) in [5.41, 5.74) is 8.03. The van der Waals surface area contributed by atoms with Crippen LogP contribution in [0.4, 0.5) is 4.79 Å². The Hall–Kier alpha value is -1.67. The number of hydrogen-bond donors (Lipinski definition) is 3. The van der Waals surface area contributed by atoms with Crippen LogP contribution in [0.3, 0.4) is 0 Å². The minimum atomic E-state index is -0.647. The molecule has 1 aliphatic carbocycles. The lowest BCUT2D eigenvalue weighted by Crippen LogP contribution is -2.37. The van der Waals surface area contributed by atoms with Crippen LogP contribution in [-0.2, 0) is 4.79 Å². The van der Waals surface area contributed by atoms with E-state index in [1.165, 1.54) is 6.92 Å². The topological polar surface area (TPSA) is 160 Å². The van der Waals surface area contributed by atoms with Gasteiger partial charge < -0.3 is 22.0 Å². The van der Waals surface area contributed by atoms with Gasteiger partial charge in [-0.15, -0.1) is 0 Å². The van der Waals surface area contributed by atoms with Crippen molar-refractivity contribution in [2.75, 3.05) is 0 Å². The number of carbonyl (C=O) groups excluding carboxylic acids is 2. The average Bonchev–Trinajstić information content (AvgIpc) is 2.16. The van der Waals surface area contributed by atoms with Gasteiger partial charge >= 0.3 is 6.03 Å². The maximum absolute atomic E-state index is 10.8. The molecule has 8 N–H and O–H groups in total. The van der Waals surface area contributed by atoms with Crippen molar-refractivity contribution in [3.05, 3.63) is 0 Å². The summed E-state index contributed by atoms with van der Waals surface area (Å²) >= 11 is 0. The molecule has 1 aliphatic rings. The fourth-order valence-electron chi connectivity index (χ4n) is 1.63. The van der Waals surface area contributed by atoms with Crippen molar-refractivity contribution < 1.29 is 20.5 Å². The fraction of sp³-hybridized carbons (Fsp3) is 0.667. The number of amides is 3. The first kappa shape index (κ1) is 17.7. The molecule has 0 spiro atoms. The van der Waals surface area contributed by atoms with Gasteiger partial charge in [0.25, 0.3) is 0 Å². The van der Waals surface area contributed by atoms with Crippen molar-refractivity contribution in [3.63, 3.8) is 0 Å². The summed E-state index contributed by atoms with van der Waals surface area (Å²) < 4.78 is 0. The molecule has 17 heavy (non-hydrogen) atoms. The van der Waals surface area contributed by atoms with Crippen LogP contribution < -0.4 is 16.5 Å². The number of nitrogens with one attached hydrogen (secondary N) is 2. The van der Waals surface area contributed by atoms with Crippen LogP contribution in [0.15, 0.2) is 5.10 Å². The van der Waals surface area contributed by atoms with Gasteiger partial charge in [0.2, 0.25) is 5.91 Å². The van der Waals surface area contributed by atoms with Crippen LogP contribution in [0.25, 0.3) is 0 Å². The van der Waals surface area contributed by atoms with Gasteiger partial charge in [0, 0.05) is 18.7 Å². The van der Waals surface area contributed by atoms with Crippen molar-refractivity contribution in [1.29, 1.82) is 0 Å². The third-order valence-electron chi connectivity index (χ3n) is 2.29. The summed E-state index contributed by atoms with van der Waals surface area (Å²) in [4.78, 5) is 21.2. The molecule has 0 heterocycles. The Balaban J connectivity index is 0. The first-order valence-electron chi connectivity index (χ1n) is 4.96. The lowest BCUT2D eigenvalue weighted by atomic mass is 9.94. The van der Waals surface area contributed by atoms with Crippen LogP contribution in [0.1, 0.15) is 32.6 Å². The highest BCUT2D eigenvalue weighted by Gasteiger charge is 2.18. The first-order chi connectivity index (χ1) is 7.08. The van der Waals surface area contributed by atoms with Crippen molar-refractivity contribution in [2.24, 2.45) is 10.8 Å². The van der Waals surface area contributed by atoms with E-state index in [2.05, 4.69) is 15.8 Å². The summed E-state index contributed by atoms with van der Waals surface area (Å²) in [5.74, 6) is -0.00403. The Labute approximate surface area is 99.2 Å². The monoisotopic (exact) mass is 248 g/mol. The number of hydrazone groups is 1. The van der Waals surface area contributed by atoms with E-state index >= 15 is 0 Å². The predicted octanol–water partition coefficient (Wildman–Crippen LogP) is -1.56. The zero-order valence-electron chi connectivity index (χ0n) is 9.75. The summed E-state index contributed by atoms with van der Waals surface area (Å²) in [6.45, 7) is 1.51. The molecule has 0 unspecified atom stereocenters. The van der Waals surface area contributed by atoms with Gasteiger partial charge in [-0.3, -0.25) is 4.79 Å². The number of nitrogens with zero attached hydrogens (tertiary/aromatic N) is 1. The van der Waals surface area contributed by atoms with E-state index in [1.807, 2.05) is 0 Å². The Morgan fingerprint density at radius 1 is 1.29 bits per heavy atom. The van der Waals surface area contributed by atoms with Crippen molar-refractivity contribution in [1.82, 2.24) is 10.7 Å². The summed E-state index contributed by atoms with van der Waals surface area (Å²) in [6, 6.07) is -0.415. The zero-order valence-corrected chi connectivity index (χ0v) is 9.75. The van der Waals surface area contributed by atoms with Crippen LogP contribution in [-0.4, -0.2) is 34.6 Å². The molecule has 1 saturated carbocycles. The van der Waals surface area contributed by atoms with Gasteiger partial charge in [-0.25, -0.2) is 10.2 Å². The van der Waals surface area contributed by atoms with Crippen molar-refractivity contribution in [3.8, 4) is 0 Å². The molecule has 1 rings (SSSR count). The standard InChI is InChI=1S/C9H16N4O2.2H2O/c1-6(14)11-7-2-4-8(5-3-7)12-13-9(10)15;;/h7H,2-5H2,1H3,(H,11,14)(H3,10,13,15);2*1H2. The molecular weight excluding hydrogens is 228 g/mol. The molecule has 100 valence electrons. The van der Waals surface area contributed by atoms with Crippen LogP contribution in [0.5, 0.6) is 0 Å². The largest absolute Gasteiger partial charge is 0.412 e. The predicted molar refractivity (Wildman–Crippen MR) is 63.5 cm³/mol. The van der Waals surface area contributed by atoms with Gasteiger partial charge in [-0.2, -0.15) is 5.10 Å². The molecule has 0 atom stereocenters. The summed E-state index contributed by atoms with van der Waals surface area (Å²) in [6.07, 6.45) is 3.29. The Morgan fingerprint density at radius 3 is 2.24 bits per heavy atom. The lowest BCUT2D eigenvalue weighted by molar-refractivity contribution is -0.119. The number of nitrogens with two attached hydrogens (primary N) is 1. The van der Waals surface area contributed by atoms with Crippen LogP contribution in [0.2, 0.25) is 0 Å². The fourth-order valence-corrected chi connectivity index (χ4v) is 1.63. The second kappa shape index (κ2) is 8.48. The second-order valence-electron chi connectivity index (χ2n) is 3.63. The number of primary amides is 1. The third kappa shape index (κ3) is 7.25. The number of urea groups is 1. The SMILES string of the molecule is CC(=O)NC1CCC(=NNC(N)=O)CC1.O.O. The third-order valence-corrected chi connectivity index (χ3v) is 2.29. The Bertz CT molecular complexity index is 283. The highest BCUT2D eigenvalue weighted by Crippen LogP contribution is 2.15. The maximum Gasteiger partial charge on any atom is 0.332 e. The quantitative estimate of drug-likeness (QED) is 0.504. The van der Waals surface area contributed by atoms with E-state index in [1.54, 1.807) is 0 Å². The molecular formula is C9H20N4O4. The van der Waals surface area contributed by atoms with E-state index in [0.717, 1.165) is 31.4 Å². The highest BCUT2D eigenvalue weighted by atomic mass is 16.2. The minimum absolute atomic E-state index is 0.